The van der Waals surface area contributed by atoms with E-state index in [9.17, 15) is 19.5 Å². The van der Waals surface area contributed by atoms with Crippen LogP contribution in [0.15, 0.2) is 12.2 Å². The lowest BCUT2D eigenvalue weighted by Gasteiger charge is -2.33. The lowest BCUT2D eigenvalue weighted by atomic mass is 9.69. The maximum absolute atomic E-state index is 13.1. The van der Waals surface area contributed by atoms with E-state index in [0.29, 0.717) is 6.54 Å². The maximum atomic E-state index is 13.1. The Bertz CT molecular complexity index is 578. The summed E-state index contributed by atoms with van der Waals surface area (Å²) in [6.45, 7) is 4.55. The van der Waals surface area contributed by atoms with Gasteiger partial charge in [0.1, 0.15) is 6.04 Å². The zero-order valence-electron chi connectivity index (χ0n) is 16.6. The first-order chi connectivity index (χ1) is 13.0. The fourth-order valence-electron chi connectivity index (χ4n) is 4.45. The number of aliphatic hydroxyl groups is 1. The van der Waals surface area contributed by atoms with Gasteiger partial charge in [-0.15, -0.1) is 0 Å². The third-order valence-electron chi connectivity index (χ3n) is 5.82. The van der Waals surface area contributed by atoms with Gasteiger partial charge in [-0.3, -0.25) is 14.4 Å². The van der Waals surface area contributed by atoms with Gasteiger partial charge in [0.15, 0.2) is 0 Å². The zero-order valence-corrected chi connectivity index (χ0v) is 16.6. The third kappa shape index (κ3) is 4.34. The second-order valence-electron chi connectivity index (χ2n) is 7.40. The van der Waals surface area contributed by atoms with E-state index in [1.54, 1.807) is 7.05 Å². The maximum Gasteiger partial charge on any atom is 0.243 e. The molecule has 1 saturated heterocycles. The number of allylic oxidation sites excluding steroid dienone is 1. The smallest absolute Gasteiger partial charge is 0.243 e. The van der Waals surface area contributed by atoms with Gasteiger partial charge in [-0.1, -0.05) is 38.8 Å². The average Bonchev–Trinajstić information content (AvgIpc) is 2.96. The van der Waals surface area contributed by atoms with Crippen molar-refractivity contribution in [1.29, 1.82) is 0 Å². The minimum absolute atomic E-state index is 0.0301. The number of nitrogens with one attached hydrogen (secondary N) is 2. The van der Waals surface area contributed by atoms with Crippen LogP contribution >= 0.6 is 0 Å². The molecular weight excluding hydrogens is 346 g/mol. The van der Waals surface area contributed by atoms with Gasteiger partial charge >= 0.3 is 0 Å². The predicted molar refractivity (Wildman–Crippen MR) is 103 cm³/mol. The molecule has 1 aliphatic heterocycles. The molecule has 1 aliphatic carbocycles. The molecule has 0 bridgehead atoms. The Balaban J connectivity index is 2.29. The van der Waals surface area contributed by atoms with Crippen molar-refractivity contribution in [1.82, 2.24) is 15.5 Å². The highest BCUT2D eigenvalue weighted by Crippen LogP contribution is 2.44. The lowest BCUT2D eigenvalue weighted by Crippen LogP contribution is -2.48. The molecule has 0 aromatic rings. The average molecular weight is 380 g/mol. The standard InChI is InChI=1S/C20H33N3O4/c1-4-6-7-10-22-19(26)17-14-9-8-13(5-2)15(18(25)21-3)16(14)20(27)23(17)11-12-24/h8-9,13-17,24H,4-7,10-12H2,1-3H3,(H,21,25)(H,22,26)/t13-,14+,15-,16-,17+/m1/s1. The molecule has 1 heterocycles. The molecule has 0 aromatic carbocycles. The number of carbonyl (C=O) groups is 3. The third-order valence-corrected chi connectivity index (χ3v) is 5.82. The van der Waals surface area contributed by atoms with Crippen molar-refractivity contribution in [3.63, 3.8) is 0 Å². The van der Waals surface area contributed by atoms with E-state index in [1.165, 1.54) is 4.90 Å². The number of fused-ring (bicyclic) bond motifs is 1. The normalized spacial score (nSPS) is 29.6. The molecule has 0 radical (unpaired) electrons. The Hall–Kier alpha value is -1.89. The Morgan fingerprint density at radius 3 is 2.52 bits per heavy atom. The van der Waals surface area contributed by atoms with Gasteiger partial charge in [0.2, 0.25) is 17.7 Å². The largest absolute Gasteiger partial charge is 0.395 e. The van der Waals surface area contributed by atoms with Crippen molar-refractivity contribution in [2.45, 2.75) is 45.6 Å². The molecule has 1 fully saturated rings. The topological polar surface area (TPSA) is 98.7 Å². The molecule has 7 nitrogen and oxygen atoms in total. The van der Waals surface area contributed by atoms with Crippen LogP contribution in [0.25, 0.3) is 0 Å². The highest BCUT2D eigenvalue weighted by molar-refractivity contribution is 5.96. The molecule has 0 spiro atoms. The molecule has 2 aliphatic rings. The van der Waals surface area contributed by atoms with E-state index in [1.807, 2.05) is 19.1 Å². The second-order valence-corrected chi connectivity index (χ2v) is 7.40. The van der Waals surface area contributed by atoms with Gasteiger partial charge in [0.25, 0.3) is 0 Å². The number of amides is 3. The summed E-state index contributed by atoms with van der Waals surface area (Å²) >= 11 is 0. The molecule has 3 amide bonds. The summed E-state index contributed by atoms with van der Waals surface area (Å²) in [5, 5.41) is 15.0. The minimum atomic E-state index is -0.669. The van der Waals surface area contributed by atoms with Gasteiger partial charge in [-0.05, 0) is 18.8 Å². The van der Waals surface area contributed by atoms with Crippen molar-refractivity contribution in [3.8, 4) is 0 Å². The highest BCUT2D eigenvalue weighted by Gasteiger charge is 2.56. The summed E-state index contributed by atoms with van der Waals surface area (Å²) in [5.74, 6) is -1.99. The summed E-state index contributed by atoms with van der Waals surface area (Å²) in [7, 11) is 1.57. The zero-order chi connectivity index (χ0) is 20.0. The molecule has 0 unspecified atom stereocenters. The first kappa shape index (κ1) is 21.4. The van der Waals surface area contributed by atoms with Crippen LogP contribution in [-0.2, 0) is 14.4 Å². The number of β-amino-alcohol motifs (C(OH)–C–C–N with tert-alkyl or cyclic N) is 1. The minimum Gasteiger partial charge on any atom is -0.395 e. The van der Waals surface area contributed by atoms with Gasteiger partial charge in [0.05, 0.1) is 18.4 Å². The van der Waals surface area contributed by atoms with Crippen LogP contribution in [0.4, 0.5) is 0 Å². The van der Waals surface area contributed by atoms with Crippen LogP contribution in [0.2, 0.25) is 0 Å². The van der Waals surface area contributed by atoms with Gasteiger partial charge in [-0.2, -0.15) is 0 Å². The van der Waals surface area contributed by atoms with Crippen LogP contribution < -0.4 is 10.6 Å². The fourth-order valence-corrected chi connectivity index (χ4v) is 4.45. The summed E-state index contributed by atoms with van der Waals surface area (Å²) in [5.41, 5.74) is 0. The van der Waals surface area contributed by atoms with Crippen LogP contribution in [0.5, 0.6) is 0 Å². The molecule has 3 N–H and O–H groups in total. The molecule has 152 valence electrons. The van der Waals surface area contributed by atoms with E-state index < -0.39 is 17.9 Å². The number of carbonyl (C=O) groups excluding carboxylic acids is 3. The molecule has 5 atom stereocenters. The van der Waals surface area contributed by atoms with Crippen molar-refractivity contribution >= 4 is 17.7 Å². The number of nitrogens with zero attached hydrogens (tertiary/aromatic N) is 1. The first-order valence-corrected chi connectivity index (χ1v) is 10.1. The molecule has 0 aromatic heterocycles. The van der Waals surface area contributed by atoms with Crippen molar-refractivity contribution in [2.24, 2.45) is 23.7 Å². The Morgan fingerprint density at radius 1 is 1.19 bits per heavy atom. The Morgan fingerprint density at radius 2 is 1.93 bits per heavy atom. The first-order valence-electron chi connectivity index (χ1n) is 10.1. The van der Waals surface area contributed by atoms with E-state index in [4.69, 9.17) is 0 Å². The van der Waals surface area contributed by atoms with Gasteiger partial charge in [-0.25, -0.2) is 0 Å². The highest BCUT2D eigenvalue weighted by atomic mass is 16.3. The summed E-state index contributed by atoms with van der Waals surface area (Å²) < 4.78 is 0. The van der Waals surface area contributed by atoms with Crippen LogP contribution in [0.3, 0.4) is 0 Å². The summed E-state index contributed by atoms with van der Waals surface area (Å²) in [4.78, 5) is 40.0. The molecule has 27 heavy (non-hydrogen) atoms. The van der Waals surface area contributed by atoms with E-state index >= 15 is 0 Å². The lowest BCUT2D eigenvalue weighted by molar-refractivity contribution is -0.141. The van der Waals surface area contributed by atoms with Crippen molar-refractivity contribution in [2.75, 3.05) is 26.7 Å². The number of aliphatic hydroxyl groups excluding tert-OH is 1. The van der Waals surface area contributed by atoms with Crippen molar-refractivity contribution in [3.05, 3.63) is 12.2 Å². The van der Waals surface area contributed by atoms with Crippen LogP contribution in [0.1, 0.15) is 39.5 Å². The molecular formula is C20H33N3O4. The number of hydrogen-bond acceptors (Lipinski definition) is 4. The van der Waals surface area contributed by atoms with Crippen LogP contribution in [-0.4, -0.2) is 60.5 Å². The quantitative estimate of drug-likeness (QED) is 0.405. The number of hydrogen-bond donors (Lipinski definition) is 3. The molecule has 0 saturated carbocycles. The Kier molecular flexibility index (Phi) is 7.83. The monoisotopic (exact) mass is 379 g/mol. The number of rotatable bonds is 9. The second kappa shape index (κ2) is 9.88. The number of unbranched alkanes of at least 4 members (excludes halogenated alkanes) is 2. The SMILES string of the molecule is CCCCCNC(=O)[C@@H]1[C@H]2C=C[C@@H](CC)[C@@H](C(=O)NC)[C@@H]2C(=O)N1CCO. The molecule has 2 rings (SSSR count). The van der Waals surface area contributed by atoms with E-state index in [-0.39, 0.29) is 42.7 Å². The fraction of sp³-hybridized carbons (Fsp3) is 0.750. The molecule has 7 heteroatoms. The number of likely N-dealkylation sites (tertiary alicyclic amines) is 1. The predicted octanol–water partition coefficient (Wildman–Crippen LogP) is 0.687. The summed E-state index contributed by atoms with van der Waals surface area (Å²) in [6, 6.07) is -0.669. The summed E-state index contributed by atoms with van der Waals surface area (Å²) in [6.07, 6.45) is 7.66. The van der Waals surface area contributed by atoms with Gasteiger partial charge in [0, 0.05) is 26.1 Å². The van der Waals surface area contributed by atoms with Crippen molar-refractivity contribution < 1.29 is 19.5 Å². The van der Waals surface area contributed by atoms with Crippen LogP contribution in [0, 0.1) is 23.7 Å². The van der Waals surface area contributed by atoms with E-state index in [2.05, 4.69) is 17.6 Å². The van der Waals surface area contributed by atoms with Gasteiger partial charge < -0.3 is 20.6 Å². The van der Waals surface area contributed by atoms with E-state index in [0.717, 1.165) is 25.7 Å². The Labute approximate surface area is 161 Å².